The third-order valence-electron chi connectivity index (χ3n) is 2.41. The smallest absolute Gasteiger partial charge is 0.238 e. The standard InChI is InChI=1S/C13H15N3O2/c1-9-3-4-13(16-15-9)18-12-6-10(8-14)5-11(7-12)17-2/h3-7H,8,14H2,1-2H3. The number of hydrogen-bond acceptors (Lipinski definition) is 5. The van der Waals surface area contributed by atoms with Crippen LogP contribution in [-0.4, -0.2) is 17.3 Å². The van der Waals surface area contributed by atoms with Crippen LogP contribution in [0.25, 0.3) is 0 Å². The van der Waals surface area contributed by atoms with Gasteiger partial charge in [-0.2, -0.15) is 5.10 Å². The predicted octanol–water partition coefficient (Wildman–Crippen LogP) is 2.04. The maximum absolute atomic E-state index is 5.62. The summed E-state index contributed by atoms with van der Waals surface area (Å²) < 4.78 is 10.8. The summed E-state index contributed by atoms with van der Waals surface area (Å²) in [6.07, 6.45) is 0. The van der Waals surface area contributed by atoms with Crippen LogP contribution in [0.1, 0.15) is 11.3 Å². The molecular weight excluding hydrogens is 230 g/mol. The van der Waals surface area contributed by atoms with Crippen molar-refractivity contribution < 1.29 is 9.47 Å². The van der Waals surface area contributed by atoms with E-state index in [0.717, 1.165) is 11.3 Å². The molecule has 2 N–H and O–H groups in total. The average Bonchev–Trinajstić information content (AvgIpc) is 2.41. The van der Waals surface area contributed by atoms with Crippen molar-refractivity contribution in [1.82, 2.24) is 10.2 Å². The van der Waals surface area contributed by atoms with Crippen molar-refractivity contribution in [1.29, 1.82) is 0 Å². The van der Waals surface area contributed by atoms with Gasteiger partial charge in [0.2, 0.25) is 5.88 Å². The van der Waals surface area contributed by atoms with Gasteiger partial charge in [-0.05, 0) is 30.7 Å². The molecule has 0 bridgehead atoms. The third-order valence-corrected chi connectivity index (χ3v) is 2.41. The number of aryl methyl sites for hydroxylation is 1. The van der Waals surface area contributed by atoms with Crippen LogP contribution in [0.4, 0.5) is 0 Å². The third kappa shape index (κ3) is 2.95. The fraction of sp³-hybridized carbons (Fsp3) is 0.231. The summed E-state index contributed by atoms with van der Waals surface area (Å²) in [5.41, 5.74) is 7.39. The number of rotatable bonds is 4. The first-order valence-electron chi connectivity index (χ1n) is 5.57. The summed E-state index contributed by atoms with van der Waals surface area (Å²) in [7, 11) is 1.60. The summed E-state index contributed by atoms with van der Waals surface area (Å²) in [6.45, 7) is 2.29. The van der Waals surface area contributed by atoms with Crippen LogP contribution in [0.5, 0.6) is 17.4 Å². The average molecular weight is 245 g/mol. The minimum atomic E-state index is 0.424. The van der Waals surface area contributed by atoms with Crippen molar-refractivity contribution in [2.75, 3.05) is 7.11 Å². The predicted molar refractivity (Wildman–Crippen MR) is 67.7 cm³/mol. The fourth-order valence-electron chi connectivity index (χ4n) is 1.49. The van der Waals surface area contributed by atoms with Crippen LogP contribution in [0.3, 0.4) is 0 Å². The SMILES string of the molecule is COc1cc(CN)cc(Oc2ccc(C)nn2)c1. The Labute approximate surface area is 106 Å². The summed E-state index contributed by atoms with van der Waals surface area (Å²) in [4.78, 5) is 0. The molecule has 0 fully saturated rings. The Morgan fingerprint density at radius 1 is 1.11 bits per heavy atom. The Bertz CT molecular complexity index is 504. The van der Waals surface area contributed by atoms with E-state index in [4.69, 9.17) is 15.2 Å². The lowest BCUT2D eigenvalue weighted by molar-refractivity contribution is 0.405. The van der Waals surface area contributed by atoms with E-state index in [-0.39, 0.29) is 0 Å². The van der Waals surface area contributed by atoms with Crippen LogP contribution in [-0.2, 0) is 6.54 Å². The highest BCUT2D eigenvalue weighted by Gasteiger charge is 2.04. The second-order valence-electron chi connectivity index (χ2n) is 3.84. The normalized spacial score (nSPS) is 10.2. The van der Waals surface area contributed by atoms with E-state index in [0.29, 0.717) is 23.9 Å². The number of nitrogens with zero attached hydrogens (tertiary/aromatic N) is 2. The molecule has 0 spiro atoms. The zero-order chi connectivity index (χ0) is 13.0. The number of ether oxygens (including phenoxy) is 2. The van der Waals surface area contributed by atoms with Crippen molar-refractivity contribution in [3.05, 3.63) is 41.6 Å². The molecule has 2 aromatic rings. The van der Waals surface area contributed by atoms with Crippen LogP contribution >= 0.6 is 0 Å². The van der Waals surface area contributed by atoms with Crippen molar-refractivity contribution in [2.45, 2.75) is 13.5 Å². The van der Waals surface area contributed by atoms with Crippen LogP contribution < -0.4 is 15.2 Å². The highest BCUT2D eigenvalue weighted by Crippen LogP contribution is 2.26. The minimum Gasteiger partial charge on any atom is -0.497 e. The molecule has 1 aromatic heterocycles. The number of aromatic nitrogens is 2. The first kappa shape index (κ1) is 12.3. The highest BCUT2D eigenvalue weighted by molar-refractivity contribution is 5.39. The second-order valence-corrected chi connectivity index (χ2v) is 3.84. The van der Waals surface area contributed by atoms with Crippen molar-refractivity contribution in [3.63, 3.8) is 0 Å². The zero-order valence-corrected chi connectivity index (χ0v) is 10.4. The van der Waals surface area contributed by atoms with Gasteiger partial charge in [0, 0.05) is 18.7 Å². The summed E-state index contributed by atoms with van der Waals surface area (Å²) in [5.74, 6) is 1.78. The Morgan fingerprint density at radius 2 is 1.89 bits per heavy atom. The molecule has 0 unspecified atom stereocenters. The van der Waals surface area contributed by atoms with Gasteiger partial charge in [0.1, 0.15) is 11.5 Å². The van der Waals surface area contributed by atoms with Crippen molar-refractivity contribution in [2.24, 2.45) is 5.73 Å². The topological polar surface area (TPSA) is 70.3 Å². The molecule has 0 atom stereocenters. The molecule has 5 heteroatoms. The van der Waals surface area contributed by atoms with E-state index in [1.165, 1.54) is 0 Å². The summed E-state index contributed by atoms with van der Waals surface area (Å²) in [6, 6.07) is 9.11. The van der Waals surface area contributed by atoms with E-state index in [9.17, 15) is 0 Å². The van der Waals surface area contributed by atoms with Gasteiger partial charge in [0.25, 0.3) is 0 Å². The maximum atomic E-state index is 5.62. The second kappa shape index (κ2) is 5.46. The molecule has 2 rings (SSSR count). The largest absolute Gasteiger partial charge is 0.497 e. The van der Waals surface area contributed by atoms with E-state index in [1.54, 1.807) is 19.2 Å². The molecule has 5 nitrogen and oxygen atoms in total. The lowest BCUT2D eigenvalue weighted by atomic mass is 10.2. The van der Waals surface area contributed by atoms with Gasteiger partial charge >= 0.3 is 0 Å². The Kier molecular flexibility index (Phi) is 3.74. The zero-order valence-electron chi connectivity index (χ0n) is 10.4. The Morgan fingerprint density at radius 3 is 2.50 bits per heavy atom. The van der Waals surface area contributed by atoms with Crippen molar-refractivity contribution in [3.8, 4) is 17.4 Å². The molecule has 0 amide bonds. The summed E-state index contributed by atoms with van der Waals surface area (Å²) in [5, 5.41) is 7.87. The maximum Gasteiger partial charge on any atom is 0.238 e. The van der Waals surface area contributed by atoms with Gasteiger partial charge in [-0.1, -0.05) is 0 Å². The van der Waals surface area contributed by atoms with E-state index < -0.39 is 0 Å². The fourth-order valence-corrected chi connectivity index (χ4v) is 1.49. The molecule has 0 aliphatic heterocycles. The molecular formula is C13H15N3O2. The van der Waals surface area contributed by atoms with Gasteiger partial charge < -0.3 is 15.2 Å². The summed E-state index contributed by atoms with van der Waals surface area (Å²) >= 11 is 0. The van der Waals surface area contributed by atoms with Gasteiger partial charge in [-0.15, -0.1) is 5.10 Å². The van der Waals surface area contributed by atoms with Gasteiger partial charge in [-0.25, -0.2) is 0 Å². The van der Waals surface area contributed by atoms with E-state index >= 15 is 0 Å². The van der Waals surface area contributed by atoms with E-state index in [2.05, 4.69) is 10.2 Å². The minimum absolute atomic E-state index is 0.424. The first-order valence-corrected chi connectivity index (χ1v) is 5.57. The molecule has 1 heterocycles. The quantitative estimate of drug-likeness (QED) is 0.892. The molecule has 1 aromatic carbocycles. The molecule has 0 aliphatic carbocycles. The van der Waals surface area contributed by atoms with E-state index in [1.807, 2.05) is 25.1 Å². The molecule has 0 saturated carbocycles. The highest BCUT2D eigenvalue weighted by atomic mass is 16.5. The Balaban J connectivity index is 2.25. The molecule has 94 valence electrons. The Hall–Kier alpha value is -2.14. The van der Waals surface area contributed by atoms with Gasteiger partial charge in [0.15, 0.2) is 0 Å². The van der Waals surface area contributed by atoms with Crippen LogP contribution in [0.2, 0.25) is 0 Å². The van der Waals surface area contributed by atoms with Gasteiger partial charge in [-0.3, -0.25) is 0 Å². The number of nitrogens with two attached hydrogens (primary N) is 1. The van der Waals surface area contributed by atoms with Crippen molar-refractivity contribution >= 4 is 0 Å². The number of methoxy groups -OCH3 is 1. The monoisotopic (exact) mass is 245 g/mol. The first-order chi connectivity index (χ1) is 8.71. The molecule has 0 aliphatic rings. The van der Waals surface area contributed by atoms with Gasteiger partial charge in [0.05, 0.1) is 12.8 Å². The molecule has 0 radical (unpaired) electrons. The lowest BCUT2D eigenvalue weighted by Crippen LogP contribution is -1.98. The van der Waals surface area contributed by atoms with Crippen LogP contribution in [0.15, 0.2) is 30.3 Å². The number of hydrogen-bond donors (Lipinski definition) is 1. The number of benzene rings is 1. The van der Waals surface area contributed by atoms with Crippen LogP contribution in [0, 0.1) is 6.92 Å². The molecule has 18 heavy (non-hydrogen) atoms. The lowest BCUT2D eigenvalue weighted by Gasteiger charge is -2.08. The molecule has 0 saturated heterocycles.